The van der Waals surface area contributed by atoms with Crippen LogP contribution in [0.4, 0.5) is 0 Å². The zero-order valence-corrected chi connectivity index (χ0v) is 6.69. The molecule has 0 aliphatic rings. The van der Waals surface area contributed by atoms with Crippen molar-refractivity contribution in [3.8, 4) is 11.3 Å². The maximum atomic E-state index is 4.66. The molecular formula is C9H8N2O. The van der Waals surface area contributed by atoms with Crippen LogP contribution < -0.4 is 0 Å². The highest BCUT2D eigenvalue weighted by Crippen LogP contribution is 2.19. The predicted molar refractivity (Wildman–Crippen MR) is 44.5 cm³/mol. The van der Waals surface area contributed by atoms with Gasteiger partial charge in [-0.3, -0.25) is 0 Å². The fourth-order valence-electron chi connectivity index (χ4n) is 1.14. The molecule has 60 valence electrons. The number of benzene rings is 1. The lowest BCUT2D eigenvalue weighted by Crippen LogP contribution is -1.81. The van der Waals surface area contributed by atoms with Crippen LogP contribution >= 0.6 is 0 Å². The Morgan fingerprint density at radius 1 is 1.25 bits per heavy atom. The van der Waals surface area contributed by atoms with Gasteiger partial charge in [-0.25, -0.2) is 0 Å². The second kappa shape index (κ2) is 2.77. The summed E-state index contributed by atoms with van der Waals surface area (Å²) in [6.45, 7) is 2.03. The van der Waals surface area contributed by atoms with Crippen LogP contribution in [0.25, 0.3) is 11.3 Å². The average Bonchev–Trinajstić information content (AvgIpc) is 2.57. The Bertz CT molecular complexity index is 368. The Morgan fingerprint density at radius 3 is 2.75 bits per heavy atom. The molecule has 0 bridgehead atoms. The van der Waals surface area contributed by atoms with E-state index in [2.05, 4.69) is 14.9 Å². The van der Waals surface area contributed by atoms with Crippen molar-refractivity contribution in [1.29, 1.82) is 0 Å². The van der Waals surface area contributed by atoms with Crippen molar-refractivity contribution < 1.29 is 4.52 Å². The zero-order valence-electron chi connectivity index (χ0n) is 6.69. The summed E-state index contributed by atoms with van der Waals surface area (Å²) in [4.78, 5) is 0. The smallest absolute Gasteiger partial charge is 0.152 e. The van der Waals surface area contributed by atoms with E-state index < -0.39 is 0 Å². The second-order valence-electron chi connectivity index (χ2n) is 2.61. The van der Waals surface area contributed by atoms with E-state index in [0.717, 1.165) is 11.3 Å². The summed E-state index contributed by atoms with van der Waals surface area (Å²) in [5.74, 6) is 0. The van der Waals surface area contributed by atoms with Gasteiger partial charge in [0.15, 0.2) is 6.26 Å². The van der Waals surface area contributed by atoms with Crippen molar-refractivity contribution in [1.82, 2.24) is 10.4 Å². The van der Waals surface area contributed by atoms with Crippen molar-refractivity contribution >= 4 is 0 Å². The van der Waals surface area contributed by atoms with Gasteiger partial charge in [-0.1, -0.05) is 24.3 Å². The van der Waals surface area contributed by atoms with Crippen LogP contribution in [0.1, 0.15) is 5.56 Å². The summed E-state index contributed by atoms with van der Waals surface area (Å²) in [6, 6.07) is 7.99. The molecule has 0 saturated heterocycles. The third-order valence-corrected chi connectivity index (χ3v) is 1.78. The summed E-state index contributed by atoms with van der Waals surface area (Å²) in [5.41, 5.74) is 3.03. The van der Waals surface area contributed by atoms with Crippen LogP contribution in [0.3, 0.4) is 0 Å². The first-order chi connectivity index (χ1) is 5.88. The predicted octanol–water partition coefficient (Wildman–Crippen LogP) is 2.05. The quantitative estimate of drug-likeness (QED) is 0.640. The lowest BCUT2D eigenvalue weighted by Gasteiger charge is -1.97. The van der Waals surface area contributed by atoms with Crippen molar-refractivity contribution in [2.45, 2.75) is 6.92 Å². The SMILES string of the molecule is Cc1ccccc1-c1conn1. The van der Waals surface area contributed by atoms with Crippen LogP contribution in [-0.4, -0.2) is 10.4 Å². The van der Waals surface area contributed by atoms with Crippen molar-refractivity contribution in [2.24, 2.45) is 0 Å². The van der Waals surface area contributed by atoms with Gasteiger partial charge in [0, 0.05) is 10.8 Å². The van der Waals surface area contributed by atoms with E-state index in [1.165, 1.54) is 5.56 Å². The van der Waals surface area contributed by atoms with Gasteiger partial charge in [-0.05, 0) is 12.5 Å². The molecule has 0 aliphatic carbocycles. The molecule has 0 aliphatic heterocycles. The highest BCUT2D eigenvalue weighted by atomic mass is 16.5. The van der Waals surface area contributed by atoms with E-state index in [1.807, 2.05) is 31.2 Å². The number of hydrogen-bond acceptors (Lipinski definition) is 3. The largest absolute Gasteiger partial charge is 0.345 e. The molecular weight excluding hydrogens is 152 g/mol. The first kappa shape index (κ1) is 7.03. The summed E-state index contributed by atoms with van der Waals surface area (Å²) >= 11 is 0. The van der Waals surface area contributed by atoms with Gasteiger partial charge >= 0.3 is 0 Å². The van der Waals surface area contributed by atoms with Gasteiger partial charge in [-0.15, -0.1) is 5.10 Å². The molecule has 1 heterocycles. The number of nitrogens with zero attached hydrogens (tertiary/aromatic N) is 2. The van der Waals surface area contributed by atoms with Crippen LogP contribution in [0.5, 0.6) is 0 Å². The van der Waals surface area contributed by atoms with Gasteiger partial charge < -0.3 is 4.52 Å². The Balaban J connectivity index is 2.55. The van der Waals surface area contributed by atoms with E-state index in [0.29, 0.717) is 0 Å². The first-order valence-electron chi connectivity index (χ1n) is 3.71. The summed E-state index contributed by atoms with van der Waals surface area (Å²) in [5, 5.41) is 7.25. The topological polar surface area (TPSA) is 38.9 Å². The zero-order chi connectivity index (χ0) is 8.39. The number of aromatic nitrogens is 2. The molecule has 0 atom stereocenters. The van der Waals surface area contributed by atoms with Crippen LogP contribution in [0, 0.1) is 6.92 Å². The van der Waals surface area contributed by atoms with Gasteiger partial charge in [0.1, 0.15) is 5.69 Å². The minimum absolute atomic E-state index is 0.785. The fraction of sp³-hybridized carbons (Fsp3) is 0.111. The molecule has 12 heavy (non-hydrogen) atoms. The summed E-state index contributed by atoms with van der Waals surface area (Å²) in [6.07, 6.45) is 1.54. The molecule has 0 unspecified atom stereocenters. The van der Waals surface area contributed by atoms with E-state index in [9.17, 15) is 0 Å². The average molecular weight is 160 g/mol. The molecule has 0 fully saturated rings. The number of rotatable bonds is 1. The Hall–Kier alpha value is -1.64. The molecule has 2 rings (SSSR count). The molecule has 0 saturated carbocycles. The first-order valence-corrected chi connectivity index (χ1v) is 3.71. The van der Waals surface area contributed by atoms with Crippen LogP contribution in [-0.2, 0) is 0 Å². The molecule has 0 N–H and O–H groups in total. The molecule has 2 aromatic rings. The van der Waals surface area contributed by atoms with Gasteiger partial charge in [0.2, 0.25) is 0 Å². The Labute approximate surface area is 70.0 Å². The van der Waals surface area contributed by atoms with Crippen LogP contribution in [0.15, 0.2) is 35.1 Å². The third kappa shape index (κ3) is 1.09. The molecule has 0 spiro atoms. The molecule has 1 aromatic heterocycles. The van der Waals surface area contributed by atoms with Crippen molar-refractivity contribution in [3.63, 3.8) is 0 Å². The van der Waals surface area contributed by atoms with E-state index in [4.69, 9.17) is 0 Å². The van der Waals surface area contributed by atoms with Crippen molar-refractivity contribution in [2.75, 3.05) is 0 Å². The lowest BCUT2D eigenvalue weighted by molar-refractivity contribution is 0.393. The van der Waals surface area contributed by atoms with Gasteiger partial charge in [-0.2, -0.15) is 0 Å². The second-order valence-corrected chi connectivity index (χ2v) is 2.61. The minimum Gasteiger partial charge on any atom is -0.345 e. The molecule has 3 nitrogen and oxygen atoms in total. The summed E-state index contributed by atoms with van der Waals surface area (Å²) < 4.78 is 4.66. The fourth-order valence-corrected chi connectivity index (χ4v) is 1.14. The maximum absolute atomic E-state index is 4.66. The van der Waals surface area contributed by atoms with Crippen molar-refractivity contribution in [3.05, 3.63) is 36.1 Å². The highest BCUT2D eigenvalue weighted by Gasteiger charge is 2.03. The van der Waals surface area contributed by atoms with Gasteiger partial charge in [0.05, 0.1) is 0 Å². The summed E-state index contributed by atoms with van der Waals surface area (Å²) in [7, 11) is 0. The minimum atomic E-state index is 0.785. The molecule has 3 heteroatoms. The van der Waals surface area contributed by atoms with E-state index >= 15 is 0 Å². The molecule has 0 radical (unpaired) electrons. The standard InChI is InChI=1S/C9H8N2O/c1-7-4-2-3-5-8(7)9-6-12-11-10-9/h2-6H,1H3. The van der Waals surface area contributed by atoms with Gasteiger partial charge in [0.25, 0.3) is 0 Å². The van der Waals surface area contributed by atoms with E-state index in [1.54, 1.807) is 6.26 Å². The lowest BCUT2D eigenvalue weighted by atomic mass is 10.1. The highest BCUT2D eigenvalue weighted by molar-refractivity contribution is 5.61. The van der Waals surface area contributed by atoms with Crippen LogP contribution in [0.2, 0.25) is 0 Å². The number of aryl methyl sites for hydroxylation is 1. The molecule has 0 amide bonds. The maximum Gasteiger partial charge on any atom is 0.152 e. The Kier molecular flexibility index (Phi) is 1.63. The Morgan fingerprint density at radius 2 is 2.08 bits per heavy atom. The monoisotopic (exact) mass is 160 g/mol. The third-order valence-electron chi connectivity index (χ3n) is 1.78. The normalized spacial score (nSPS) is 10.1. The van der Waals surface area contributed by atoms with E-state index in [-0.39, 0.29) is 0 Å². The molecule has 1 aromatic carbocycles. The number of hydrogen-bond donors (Lipinski definition) is 0.